The molecular formula is C30H35N7O3. The molecule has 7 rings (SSSR count). The van der Waals surface area contributed by atoms with Gasteiger partial charge in [0.2, 0.25) is 0 Å². The third-order valence-corrected chi connectivity index (χ3v) is 8.81. The van der Waals surface area contributed by atoms with Gasteiger partial charge in [-0.3, -0.25) is 10.2 Å². The number of likely N-dealkylation sites (tertiary alicyclic amines) is 1. The molecule has 0 spiro atoms. The van der Waals surface area contributed by atoms with E-state index in [9.17, 15) is 9.59 Å². The van der Waals surface area contributed by atoms with Gasteiger partial charge in [-0.25, -0.2) is 9.80 Å². The minimum absolute atomic E-state index is 0.129. The van der Waals surface area contributed by atoms with Crippen LogP contribution in [-0.4, -0.2) is 80.2 Å². The van der Waals surface area contributed by atoms with E-state index < -0.39 is 6.04 Å². The number of piperidine rings is 1. The minimum Gasteiger partial charge on any atom is -0.379 e. The average Bonchev–Trinajstić information content (AvgIpc) is 3.73. The number of fused-ring (bicyclic) bond motifs is 3. The normalized spacial score (nSPS) is 23.6. The number of nitrogens with zero attached hydrogens (tertiary/aromatic N) is 5. The van der Waals surface area contributed by atoms with Crippen molar-refractivity contribution in [3.05, 3.63) is 64.7 Å². The number of ether oxygens (including phenoxy) is 1. The summed E-state index contributed by atoms with van der Waals surface area (Å²) in [5.41, 5.74) is 7.89. The predicted molar refractivity (Wildman–Crippen MR) is 152 cm³/mol. The second-order valence-electron chi connectivity index (χ2n) is 11.2. The Bertz CT molecular complexity index is 1350. The molecule has 10 nitrogen and oxygen atoms in total. The molecule has 1 unspecified atom stereocenters. The topological polar surface area (TPSA) is 102 Å². The van der Waals surface area contributed by atoms with Gasteiger partial charge in [0.15, 0.2) is 5.78 Å². The summed E-state index contributed by atoms with van der Waals surface area (Å²) in [5, 5.41) is 13.6. The summed E-state index contributed by atoms with van der Waals surface area (Å²) < 4.78 is 5.34. The molecule has 2 aromatic rings. The van der Waals surface area contributed by atoms with Crippen LogP contribution in [0.3, 0.4) is 0 Å². The van der Waals surface area contributed by atoms with Crippen molar-refractivity contribution in [1.82, 2.24) is 15.3 Å². The van der Waals surface area contributed by atoms with Crippen molar-refractivity contribution in [3.63, 3.8) is 0 Å². The number of Topliss-reactive ketones (excluding diaryl/α,β-unsaturated/α-hetero) is 1. The first-order valence-corrected chi connectivity index (χ1v) is 14.5. The predicted octanol–water partition coefficient (Wildman–Crippen LogP) is 4.23. The van der Waals surface area contributed by atoms with Crippen LogP contribution in [0.4, 0.5) is 16.2 Å². The number of hydrogen-bond acceptors (Lipinski definition) is 8. The number of carbonyl (C=O) groups is 2. The van der Waals surface area contributed by atoms with E-state index in [1.54, 1.807) is 6.07 Å². The number of nitrogens with one attached hydrogen (secondary N) is 2. The maximum Gasteiger partial charge on any atom is 0.333 e. The average molecular weight is 542 g/mol. The summed E-state index contributed by atoms with van der Waals surface area (Å²) in [4.78, 5) is 31.5. The van der Waals surface area contributed by atoms with E-state index >= 15 is 0 Å². The zero-order valence-electron chi connectivity index (χ0n) is 22.6. The number of ketones is 1. The van der Waals surface area contributed by atoms with Gasteiger partial charge >= 0.3 is 6.03 Å². The summed E-state index contributed by atoms with van der Waals surface area (Å²) in [6.45, 7) is 7.03. The maximum atomic E-state index is 13.7. The molecule has 2 N–H and O–H groups in total. The minimum atomic E-state index is -0.439. The summed E-state index contributed by atoms with van der Waals surface area (Å²) in [5.74, 6) is -0.129. The molecule has 40 heavy (non-hydrogen) atoms. The van der Waals surface area contributed by atoms with Crippen LogP contribution < -0.4 is 15.6 Å². The summed E-state index contributed by atoms with van der Waals surface area (Å²) in [6, 6.07) is 13.8. The van der Waals surface area contributed by atoms with Crippen molar-refractivity contribution in [2.24, 2.45) is 10.2 Å². The van der Waals surface area contributed by atoms with E-state index in [0.717, 1.165) is 30.3 Å². The highest BCUT2D eigenvalue weighted by Gasteiger charge is 2.42. The number of hydrogen-bond donors (Lipinski definition) is 2. The lowest BCUT2D eigenvalue weighted by Crippen LogP contribution is -2.49. The van der Waals surface area contributed by atoms with E-state index in [1.165, 1.54) is 44.5 Å². The van der Waals surface area contributed by atoms with Crippen LogP contribution in [-0.2, 0) is 4.74 Å². The molecule has 4 heterocycles. The Morgan fingerprint density at radius 1 is 0.925 bits per heavy atom. The molecule has 0 saturated carbocycles. The highest BCUT2D eigenvalue weighted by Crippen LogP contribution is 2.49. The second-order valence-corrected chi connectivity index (χ2v) is 11.2. The number of carbonyl (C=O) groups excluding carboxylic acids is 2. The molecule has 0 bridgehead atoms. The smallest absolute Gasteiger partial charge is 0.333 e. The van der Waals surface area contributed by atoms with Crippen LogP contribution in [0.15, 0.2) is 58.3 Å². The first kappa shape index (κ1) is 25.4. The van der Waals surface area contributed by atoms with E-state index in [0.29, 0.717) is 48.8 Å². The fourth-order valence-electron chi connectivity index (χ4n) is 6.70. The first-order valence-electron chi connectivity index (χ1n) is 14.5. The van der Waals surface area contributed by atoms with Gasteiger partial charge in [0.05, 0.1) is 30.0 Å². The van der Waals surface area contributed by atoms with Crippen LogP contribution in [0.5, 0.6) is 0 Å². The molecule has 208 valence electrons. The second kappa shape index (κ2) is 10.8. The van der Waals surface area contributed by atoms with Crippen LogP contribution >= 0.6 is 0 Å². The number of amides is 2. The van der Waals surface area contributed by atoms with Gasteiger partial charge < -0.3 is 19.9 Å². The standard InChI is InChI=1S/C30H35N7O3/c38-29-25-23(4-3-5-24(25)31-30(39)34-37-16-18-40-19-17-37)28-26(29)27(32-33-28)20-6-8-21(9-7-20)36-14-10-22(11-15-36)35-12-1-2-13-35/h3-9,22,28H,1-2,10-19H2,(H2,31,34,39). The van der Waals surface area contributed by atoms with Crippen molar-refractivity contribution < 1.29 is 14.3 Å². The van der Waals surface area contributed by atoms with Gasteiger partial charge in [-0.15, -0.1) is 0 Å². The highest BCUT2D eigenvalue weighted by molar-refractivity contribution is 6.22. The molecule has 4 aliphatic heterocycles. The summed E-state index contributed by atoms with van der Waals surface area (Å²) in [7, 11) is 0. The van der Waals surface area contributed by atoms with Gasteiger partial charge in [0, 0.05) is 43.5 Å². The number of azo groups is 1. The summed E-state index contributed by atoms with van der Waals surface area (Å²) >= 11 is 0. The molecule has 0 aromatic heterocycles. The third kappa shape index (κ3) is 4.70. The Labute approximate surface area is 234 Å². The molecule has 5 aliphatic rings. The number of rotatable bonds is 5. The SMILES string of the molecule is O=C(Nc1cccc2c1C(=O)C1=C(c3ccc(N4CCC(N5CCCC5)CC4)cc3)N=NC12)NN1CCOCC1. The lowest BCUT2D eigenvalue weighted by Gasteiger charge is -2.37. The van der Waals surface area contributed by atoms with E-state index in [2.05, 4.69) is 55.0 Å². The highest BCUT2D eigenvalue weighted by atomic mass is 16.5. The van der Waals surface area contributed by atoms with Gasteiger partial charge in [0.25, 0.3) is 0 Å². The zero-order valence-corrected chi connectivity index (χ0v) is 22.6. The molecule has 3 fully saturated rings. The Kier molecular flexibility index (Phi) is 6.82. The van der Waals surface area contributed by atoms with E-state index in [-0.39, 0.29) is 11.8 Å². The number of hydrazine groups is 1. The van der Waals surface area contributed by atoms with E-state index in [1.807, 2.05) is 17.1 Å². The van der Waals surface area contributed by atoms with Crippen molar-refractivity contribution in [3.8, 4) is 0 Å². The molecule has 3 saturated heterocycles. The summed E-state index contributed by atoms with van der Waals surface area (Å²) in [6.07, 6.45) is 5.10. The van der Waals surface area contributed by atoms with E-state index in [4.69, 9.17) is 4.74 Å². The molecule has 2 aromatic carbocycles. The quantitative estimate of drug-likeness (QED) is 0.587. The molecule has 1 aliphatic carbocycles. The third-order valence-electron chi connectivity index (χ3n) is 8.81. The van der Waals surface area contributed by atoms with Crippen molar-refractivity contribution in [2.75, 3.05) is 62.7 Å². The van der Waals surface area contributed by atoms with Crippen molar-refractivity contribution in [1.29, 1.82) is 0 Å². The Morgan fingerprint density at radius 3 is 2.42 bits per heavy atom. The lowest BCUT2D eigenvalue weighted by atomic mass is 10.0. The Hall–Kier alpha value is -3.60. The first-order chi connectivity index (χ1) is 19.7. The van der Waals surface area contributed by atoms with Crippen LogP contribution in [0.2, 0.25) is 0 Å². The largest absolute Gasteiger partial charge is 0.379 e. The van der Waals surface area contributed by atoms with Crippen LogP contribution in [0, 0.1) is 0 Å². The Morgan fingerprint density at radius 2 is 1.68 bits per heavy atom. The fourth-order valence-corrected chi connectivity index (χ4v) is 6.70. The number of anilines is 2. The fraction of sp³-hybridized carbons (Fsp3) is 0.467. The molecular weight excluding hydrogens is 506 g/mol. The maximum absolute atomic E-state index is 13.7. The van der Waals surface area contributed by atoms with Crippen molar-refractivity contribution >= 4 is 28.9 Å². The van der Waals surface area contributed by atoms with Crippen molar-refractivity contribution in [2.45, 2.75) is 37.8 Å². The Balaban J connectivity index is 1.06. The number of benzene rings is 2. The van der Waals surface area contributed by atoms with Gasteiger partial charge in [-0.1, -0.05) is 24.3 Å². The number of morpholine rings is 1. The van der Waals surface area contributed by atoms with Gasteiger partial charge in [0.1, 0.15) is 11.7 Å². The lowest BCUT2D eigenvalue weighted by molar-refractivity contribution is 0.0207. The van der Waals surface area contributed by atoms with Crippen LogP contribution in [0.1, 0.15) is 53.2 Å². The van der Waals surface area contributed by atoms with Crippen LogP contribution in [0.25, 0.3) is 5.70 Å². The van der Waals surface area contributed by atoms with Gasteiger partial charge in [-0.05, 0) is 62.5 Å². The monoisotopic (exact) mass is 541 g/mol. The van der Waals surface area contributed by atoms with Gasteiger partial charge in [-0.2, -0.15) is 10.2 Å². The number of urea groups is 1. The molecule has 1 atom stereocenters. The molecule has 0 radical (unpaired) electrons. The molecule has 10 heteroatoms. The molecule has 2 amide bonds. The zero-order chi connectivity index (χ0) is 27.1.